The summed E-state index contributed by atoms with van der Waals surface area (Å²) in [5.74, 6) is -0.745. The van der Waals surface area contributed by atoms with Crippen molar-refractivity contribution in [3.8, 4) is 23.1 Å². The predicted octanol–water partition coefficient (Wildman–Crippen LogP) is 1.86. The van der Waals surface area contributed by atoms with Crippen molar-refractivity contribution in [1.29, 1.82) is 5.26 Å². The lowest BCUT2D eigenvalue weighted by molar-refractivity contribution is 0.471. The molecule has 4 nitrogen and oxygen atoms in total. The molecule has 0 aliphatic carbocycles. The maximum Gasteiger partial charge on any atom is 0.151 e. The predicted molar refractivity (Wildman–Crippen MR) is 53.8 cm³/mol. The molecule has 0 unspecified atom stereocenters. The minimum absolute atomic E-state index is 0.0567. The van der Waals surface area contributed by atoms with Gasteiger partial charge in [-0.15, -0.1) is 0 Å². The normalized spacial score (nSPS) is 9.75. The first-order chi connectivity index (χ1) is 7.72. The van der Waals surface area contributed by atoms with Crippen molar-refractivity contribution in [2.75, 3.05) is 0 Å². The molecule has 0 aromatic carbocycles. The lowest BCUT2D eigenvalue weighted by Crippen LogP contribution is -1.90. The van der Waals surface area contributed by atoms with E-state index in [0.29, 0.717) is 0 Å². The maximum absolute atomic E-state index is 13.4. The smallest absolute Gasteiger partial charge is 0.151 e. The molecule has 2 rings (SSSR count). The number of aromatic nitrogens is 2. The molecule has 2 heterocycles. The third-order valence-corrected chi connectivity index (χ3v) is 2.05. The van der Waals surface area contributed by atoms with E-state index in [1.807, 2.05) is 0 Å². The molecule has 0 atom stereocenters. The van der Waals surface area contributed by atoms with Crippen LogP contribution in [-0.4, -0.2) is 15.1 Å². The van der Waals surface area contributed by atoms with E-state index in [1.165, 1.54) is 18.3 Å². The van der Waals surface area contributed by atoms with E-state index < -0.39 is 5.82 Å². The Bertz CT molecular complexity index is 578. The molecule has 0 amide bonds. The van der Waals surface area contributed by atoms with E-state index >= 15 is 0 Å². The Kier molecular flexibility index (Phi) is 2.48. The molecule has 2 aromatic rings. The molecule has 0 aliphatic rings. The molecular weight excluding hydrogens is 209 g/mol. The number of nitrogens with zero attached hydrogens (tertiary/aromatic N) is 3. The van der Waals surface area contributed by atoms with Gasteiger partial charge < -0.3 is 5.11 Å². The monoisotopic (exact) mass is 215 g/mol. The topological polar surface area (TPSA) is 69.8 Å². The number of pyridine rings is 2. The quantitative estimate of drug-likeness (QED) is 0.788. The van der Waals surface area contributed by atoms with Crippen LogP contribution in [0.25, 0.3) is 11.3 Å². The summed E-state index contributed by atoms with van der Waals surface area (Å²) in [6.45, 7) is 0. The van der Waals surface area contributed by atoms with Crippen LogP contribution in [0.3, 0.4) is 0 Å². The molecule has 1 N–H and O–H groups in total. The second kappa shape index (κ2) is 3.95. The van der Waals surface area contributed by atoms with Gasteiger partial charge >= 0.3 is 0 Å². The van der Waals surface area contributed by atoms with Gasteiger partial charge in [-0.3, -0.25) is 9.97 Å². The third kappa shape index (κ3) is 1.68. The fraction of sp³-hybridized carbons (Fsp3) is 0. The second-order valence-corrected chi connectivity index (χ2v) is 3.05. The maximum atomic E-state index is 13.4. The number of hydrogen-bond donors (Lipinski definition) is 1. The molecule has 0 spiro atoms. The highest BCUT2D eigenvalue weighted by atomic mass is 19.1. The first-order valence-corrected chi connectivity index (χ1v) is 4.41. The van der Waals surface area contributed by atoms with E-state index in [4.69, 9.17) is 5.26 Å². The van der Waals surface area contributed by atoms with Crippen LogP contribution < -0.4 is 0 Å². The standard InChI is InChI=1S/C11H6FN3O/c12-9-5-14-2-1-8(9)10-3-7(4-13)11(16)6-15-10/h1-3,5-6,16H. The summed E-state index contributed by atoms with van der Waals surface area (Å²) in [5, 5.41) is 18.0. The van der Waals surface area contributed by atoms with E-state index in [2.05, 4.69) is 9.97 Å². The lowest BCUT2D eigenvalue weighted by Gasteiger charge is -2.02. The van der Waals surface area contributed by atoms with Crippen molar-refractivity contribution in [2.45, 2.75) is 0 Å². The van der Waals surface area contributed by atoms with E-state index in [0.717, 1.165) is 12.4 Å². The van der Waals surface area contributed by atoms with Gasteiger partial charge in [0.1, 0.15) is 6.07 Å². The summed E-state index contributed by atoms with van der Waals surface area (Å²) in [5.41, 5.74) is 0.585. The Labute approximate surface area is 90.6 Å². The van der Waals surface area contributed by atoms with Crippen LogP contribution in [0.5, 0.6) is 5.75 Å². The van der Waals surface area contributed by atoms with Crippen LogP contribution in [0, 0.1) is 17.1 Å². The van der Waals surface area contributed by atoms with Gasteiger partial charge in [-0.05, 0) is 12.1 Å². The van der Waals surface area contributed by atoms with Crippen molar-refractivity contribution in [3.63, 3.8) is 0 Å². The Morgan fingerprint density at radius 1 is 1.38 bits per heavy atom. The molecule has 0 saturated carbocycles. The molecule has 16 heavy (non-hydrogen) atoms. The van der Waals surface area contributed by atoms with Crippen LogP contribution in [0.2, 0.25) is 0 Å². The summed E-state index contributed by atoms with van der Waals surface area (Å²) in [6.07, 6.45) is 3.61. The zero-order valence-corrected chi connectivity index (χ0v) is 8.05. The summed E-state index contributed by atoms with van der Waals surface area (Å²) in [4.78, 5) is 7.46. The lowest BCUT2D eigenvalue weighted by atomic mass is 10.1. The average Bonchev–Trinajstić information content (AvgIpc) is 2.31. The van der Waals surface area contributed by atoms with Gasteiger partial charge in [0.15, 0.2) is 11.6 Å². The summed E-state index contributed by atoms with van der Waals surface area (Å²) in [7, 11) is 0. The number of nitriles is 1. The highest BCUT2D eigenvalue weighted by Crippen LogP contribution is 2.24. The number of aromatic hydroxyl groups is 1. The number of rotatable bonds is 1. The zero-order chi connectivity index (χ0) is 11.5. The van der Waals surface area contributed by atoms with E-state index in [9.17, 15) is 9.50 Å². The molecule has 5 heteroatoms. The molecule has 0 fully saturated rings. The van der Waals surface area contributed by atoms with Crippen LogP contribution >= 0.6 is 0 Å². The van der Waals surface area contributed by atoms with Crippen molar-refractivity contribution < 1.29 is 9.50 Å². The zero-order valence-electron chi connectivity index (χ0n) is 8.05. The Morgan fingerprint density at radius 3 is 2.88 bits per heavy atom. The van der Waals surface area contributed by atoms with Gasteiger partial charge in [0.25, 0.3) is 0 Å². The molecule has 0 bridgehead atoms. The van der Waals surface area contributed by atoms with Crippen molar-refractivity contribution in [1.82, 2.24) is 9.97 Å². The van der Waals surface area contributed by atoms with E-state index in [1.54, 1.807) is 6.07 Å². The van der Waals surface area contributed by atoms with Crippen molar-refractivity contribution in [3.05, 3.63) is 42.1 Å². The van der Waals surface area contributed by atoms with Gasteiger partial charge in [0, 0.05) is 11.8 Å². The molecule has 0 saturated heterocycles. The SMILES string of the molecule is N#Cc1cc(-c2ccncc2F)ncc1O. The fourth-order valence-electron chi connectivity index (χ4n) is 1.27. The van der Waals surface area contributed by atoms with E-state index in [-0.39, 0.29) is 22.6 Å². The molecular formula is C11H6FN3O. The Hall–Kier alpha value is -2.48. The molecule has 0 aliphatic heterocycles. The first kappa shape index (κ1) is 10.1. The second-order valence-electron chi connectivity index (χ2n) is 3.05. The summed E-state index contributed by atoms with van der Waals surface area (Å²) < 4.78 is 13.4. The van der Waals surface area contributed by atoms with Crippen LogP contribution in [0.1, 0.15) is 5.56 Å². The van der Waals surface area contributed by atoms with Gasteiger partial charge in [0.05, 0.1) is 23.7 Å². The van der Waals surface area contributed by atoms with Crippen LogP contribution in [-0.2, 0) is 0 Å². The molecule has 0 radical (unpaired) electrons. The minimum atomic E-state index is -0.524. The first-order valence-electron chi connectivity index (χ1n) is 4.41. The summed E-state index contributed by atoms with van der Waals surface area (Å²) in [6, 6.07) is 4.58. The minimum Gasteiger partial charge on any atom is -0.505 e. The Morgan fingerprint density at radius 2 is 2.19 bits per heavy atom. The fourth-order valence-corrected chi connectivity index (χ4v) is 1.27. The van der Waals surface area contributed by atoms with Crippen molar-refractivity contribution in [2.24, 2.45) is 0 Å². The Balaban J connectivity index is 2.59. The third-order valence-electron chi connectivity index (χ3n) is 2.05. The van der Waals surface area contributed by atoms with Crippen molar-refractivity contribution >= 4 is 0 Å². The number of hydrogen-bond acceptors (Lipinski definition) is 4. The number of halogens is 1. The van der Waals surface area contributed by atoms with Gasteiger partial charge in [-0.1, -0.05) is 0 Å². The van der Waals surface area contributed by atoms with Crippen LogP contribution in [0.15, 0.2) is 30.7 Å². The van der Waals surface area contributed by atoms with Gasteiger partial charge in [0.2, 0.25) is 0 Å². The molecule has 2 aromatic heterocycles. The summed E-state index contributed by atoms with van der Waals surface area (Å²) >= 11 is 0. The highest BCUT2D eigenvalue weighted by Gasteiger charge is 2.09. The highest BCUT2D eigenvalue weighted by molar-refractivity contribution is 5.62. The van der Waals surface area contributed by atoms with Crippen LogP contribution in [0.4, 0.5) is 4.39 Å². The van der Waals surface area contributed by atoms with Gasteiger partial charge in [-0.2, -0.15) is 5.26 Å². The molecule has 78 valence electrons. The largest absolute Gasteiger partial charge is 0.505 e. The average molecular weight is 215 g/mol. The van der Waals surface area contributed by atoms with Gasteiger partial charge in [-0.25, -0.2) is 4.39 Å².